The summed E-state index contributed by atoms with van der Waals surface area (Å²) < 4.78 is 27.6. The molecule has 2 heterocycles. The predicted molar refractivity (Wildman–Crippen MR) is 111 cm³/mol. The first-order valence-corrected chi connectivity index (χ1v) is 10.9. The SMILES string of the molecule is CN=S(C)(=O)c1cc(OCCCOC)cnc1Nc1cc(Cl)nnc1C(=O)NC. The molecule has 0 aliphatic carbocycles. The third-order valence-corrected chi connectivity index (χ3v) is 5.81. The van der Waals surface area contributed by atoms with Crippen LogP contribution in [-0.4, -0.2) is 66.0 Å². The lowest BCUT2D eigenvalue weighted by molar-refractivity contribution is 0.0958. The number of nitrogens with one attached hydrogen (secondary N) is 2. The van der Waals surface area contributed by atoms with Gasteiger partial charge in [-0.05, 0) is 0 Å². The Balaban J connectivity index is 2.44. The van der Waals surface area contributed by atoms with Gasteiger partial charge < -0.3 is 20.1 Å². The monoisotopic (exact) mass is 442 g/mol. The Hall–Kier alpha value is -2.50. The zero-order valence-electron chi connectivity index (χ0n) is 16.6. The first-order valence-electron chi connectivity index (χ1n) is 8.56. The van der Waals surface area contributed by atoms with E-state index in [2.05, 4.69) is 30.2 Å². The molecule has 158 valence electrons. The highest BCUT2D eigenvalue weighted by molar-refractivity contribution is 7.93. The van der Waals surface area contributed by atoms with Crippen molar-refractivity contribution in [3.63, 3.8) is 0 Å². The van der Waals surface area contributed by atoms with Crippen LogP contribution in [0.25, 0.3) is 0 Å². The van der Waals surface area contributed by atoms with Crippen LogP contribution >= 0.6 is 11.6 Å². The minimum absolute atomic E-state index is 0.0144. The second kappa shape index (κ2) is 10.3. The number of hydrogen-bond donors (Lipinski definition) is 2. The molecule has 10 nitrogen and oxygen atoms in total. The molecular formula is C17H23ClN6O4S. The van der Waals surface area contributed by atoms with E-state index >= 15 is 0 Å². The fourth-order valence-electron chi connectivity index (χ4n) is 2.26. The molecule has 0 aliphatic rings. The number of carbonyl (C=O) groups excluding carboxylic acids is 1. The van der Waals surface area contributed by atoms with Gasteiger partial charge in [0, 0.05) is 52.6 Å². The zero-order valence-corrected chi connectivity index (χ0v) is 18.1. The third-order valence-electron chi connectivity index (χ3n) is 3.80. The number of amides is 1. The number of halogens is 1. The van der Waals surface area contributed by atoms with Gasteiger partial charge in [-0.1, -0.05) is 11.6 Å². The summed E-state index contributed by atoms with van der Waals surface area (Å²) in [6.45, 7) is 0.980. The average molecular weight is 443 g/mol. The molecule has 1 unspecified atom stereocenters. The number of rotatable bonds is 9. The van der Waals surface area contributed by atoms with E-state index in [0.29, 0.717) is 30.3 Å². The number of aromatic nitrogens is 3. The van der Waals surface area contributed by atoms with Gasteiger partial charge >= 0.3 is 0 Å². The van der Waals surface area contributed by atoms with Gasteiger partial charge in [-0.25, -0.2) is 13.6 Å². The van der Waals surface area contributed by atoms with E-state index in [1.807, 2.05) is 0 Å². The van der Waals surface area contributed by atoms with Crippen LogP contribution in [0.1, 0.15) is 16.9 Å². The van der Waals surface area contributed by atoms with Gasteiger partial charge in [-0.2, -0.15) is 0 Å². The summed E-state index contributed by atoms with van der Waals surface area (Å²) in [4.78, 5) is 16.7. The molecule has 2 aromatic heterocycles. The van der Waals surface area contributed by atoms with E-state index in [9.17, 15) is 9.00 Å². The van der Waals surface area contributed by atoms with Crippen LogP contribution in [0.2, 0.25) is 5.15 Å². The number of carbonyl (C=O) groups is 1. The van der Waals surface area contributed by atoms with Gasteiger partial charge in [0.2, 0.25) is 0 Å². The van der Waals surface area contributed by atoms with E-state index in [1.165, 1.54) is 32.6 Å². The largest absolute Gasteiger partial charge is 0.492 e. The van der Waals surface area contributed by atoms with Crippen molar-refractivity contribution in [2.75, 3.05) is 46.0 Å². The molecular weight excluding hydrogens is 420 g/mol. The molecule has 0 aromatic carbocycles. The average Bonchev–Trinajstić information content (AvgIpc) is 2.71. The van der Waals surface area contributed by atoms with Crippen LogP contribution in [0.3, 0.4) is 0 Å². The summed E-state index contributed by atoms with van der Waals surface area (Å²) in [6.07, 6.45) is 3.67. The summed E-state index contributed by atoms with van der Waals surface area (Å²) in [5.41, 5.74) is 0.277. The van der Waals surface area contributed by atoms with E-state index in [1.54, 1.807) is 13.2 Å². The Bertz CT molecular complexity index is 994. The molecule has 0 bridgehead atoms. The van der Waals surface area contributed by atoms with E-state index < -0.39 is 15.6 Å². The van der Waals surface area contributed by atoms with Crippen molar-refractivity contribution in [1.82, 2.24) is 20.5 Å². The van der Waals surface area contributed by atoms with E-state index in [-0.39, 0.29) is 22.4 Å². The molecule has 0 saturated heterocycles. The Kier molecular flexibility index (Phi) is 8.11. The minimum atomic E-state index is -2.78. The Morgan fingerprint density at radius 1 is 1.31 bits per heavy atom. The molecule has 0 radical (unpaired) electrons. The standard InChI is InChI=1S/C17H23ClN6O4S/c1-19-17(25)15-12(9-14(18)23-24-15)22-16-13(29(4,26)20-2)8-11(10-21-16)28-7-5-6-27-3/h8-10H,5-7H2,1-4H3,(H,19,25)(H,21,22,23). The van der Waals surface area contributed by atoms with Gasteiger partial charge in [-0.3, -0.25) is 4.79 Å². The fourth-order valence-corrected chi connectivity index (χ4v) is 3.40. The number of nitrogens with zero attached hydrogens (tertiary/aromatic N) is 4. The highest BCUT2D eigenvalue weighted by Crippen LogP contribution is 2.29. The maximum absolute atomic E-state index is 13.0. The summed E-state index contributed by atoms with van der Waals surface area (Å²) in [5, 5.41) is 13.0. The van der Waals surface area contributed by atoms with Crippen LogP contribution in [0.15, 0.2) is 27.6 Å². The maximum atomic E-state index is 13.0. The van der Waals surface area contributed by atoms with Crippen molar-refractivity contribution >= 4 is 38.7 Å². The number of methoxy groups -OCH3 is 1. The van der Waals surface area contributed by atoms with Gasteiger partial charge in [-0.15, -0.1) is 10.2 Å². The third kappa shape index (κ3) is 5.99. The van der Waals surface area contributed by atoms with Crippen molar-refractivity contribution in [3.05, 3.63) is 29.2 Å². The van der Waals surface area contributed by atoms with Crippen LogP contribution in [-0.2, 0) is 14.5 Å². The Morgan fingerprint density at radius 2 is 2.07 bits per heavy atom. The smallest absolute Gasteiger partial charge is 0.273 e. The second-order valence-corrected chi connectivity index (χ2v) is 8.63. The number of anilines is 2. The molecule has 1 amide bonds. The van der Waals surface area contributed by atoms with Crippen LogP contribution in [0.5, 0.6) is 5.75 Å². The molecule has 2 aromatic rings. The molecule has 1 atom stereocenters. The molecule has 0 fully saturated rings. The van der Waals surface area contributed by atoms with Gasteiger partial charge in [0.1, 0.15) is 11.6 Å². The molecule has 0 saturated carbocycles. The molecule has 12 heteroatoms. The van der Waals surface area contributed by atoms with Crippen molar-refractivity contribution in [1.29, 1.82) is 0 Å². The molecule has 2 N–H and O–H groups in total. The highest BCUT2D eigenvalue weighted by atomic mass is 35.5. The zero-order chi connectivity index (χ0) is 21.4. The van der Waals surface area contributed by atoms with E-state index in [0.717, 1.165) is 0 Å². The van der Waals surface area contributed by atoms with E-state index in [4.69, 9.17) is 21.1 Å². The topological polar surface area (TPSA) is 128 Å². The molecule has 0 aliphatic heterocycles. The lowest BCUT2D eigenvalue weighted by atomic mass is 10.3. The first-order chi connectivity index (χ1) is 13.8. The second-order valence-electron chi connectivity index (χ2n) is 5.83. The Labute approximate surface area is 174 Å². The van der Waals surface area contributed by atoms with Gasteiger partial charge in [0.15, 0.2) is 10.8 Å². The van der Waals surface area contributed by atoms with Crippen molar-refractivity contribution < 1.29 is 18.5 Å². The van der Waals surface area contributed by atoms with Crippen LogP contribution in [0.4, 0.5) is 11.5 Å². The van der Waals surface area contributed by atoms with Crippen molar-refractivity contribution in [3.8, 4) is 5.75 Å². The van der Waals surface area contributed by atoms with Crippen LogP contribution < -0.4 is 15.4 Å². The quantitative estimate of drug-likeness (QED) is 0.565. The molecule has 0 spiro atoms. The lowest BCUT2D eigenvalue weighted by Gasteiger charge is -2.15. The normalized spacial score (nSPS) is 12.7. The predicted octanol–water partition coefficient (Wildman–Crippen LogP) is 2.13. The minimum Gasteiger partial charge on any atom is -0.492 e. The van der Waals surface area contributed by atoms with Crippen molar-refractivity contribution in [2.45, 2.75) is 11.3 Å². The summed E-state index contributed by atoms with van der Waals surface area (Å²) in [7, 11) is 1.76. The maximum Gasteiger partial charge on any atom is 0.273 e. The first kappa shape index (κ1) is 22.8. The fraction of sp³-hybridized carbons (Fsp3) is 0.412. The van der Waals surface area contributed by atoms with Crippen LogP contribution in [0, 0.1) is 0 Å². The Morgan fingerprint density at radius 3 is 2.72 bits per heavy atom. The lowest BCUT2D eigenvalue weighted by Crippen LogP contribution is -2.21. The van der Waals surface area contributed by atoms with Crippen molar-refractivity contribution in [2.24, 2.45) is 4.36 Å². The molecule has 2 rings (SSSR count). The highest BCUT2D eigenvalue weighted by Gasteiger charge is 2.19. The summed E-state index contributed by atoms with van der Waals surface area (Å²) >= 11 is 5.93. The number of pyridine rings is 1. The summed E-state index contributed by atoms with van der Waals surface area (Å²) in [5.74, 6) is 0.215. The van der Waals surface area contributed by atoms with Gasteiger partial charge in [0.25, 0.3) is 5.91 Å². The summed E-state index contributed by atoms with van der Waals surface area (Å²) in [6, 6.07) is 3.04. The number of ether oxygens (including phenoxy) is 2. The molecule has 29 heavy (non-hydrogen) atoms. The number of hydrogen-bond acceptors (Lipinski definition) is 9. The van der Waals surface area contributed by atoms with Gasteiger partial charge in [0.05, 0.1) is 33.1 Å².